The van der Waals surface area contributed by atoms with Crippen LogP contribution in [0.15, 0.2) is 24.3 Å². The Bertz CT molecular complexity index is 709. The fraction of sp³-hybridized carbons (Fsp3) is 0.526. The zero-order valence-electron chi connectivity index (χ0n) is 14.6. The Morgan fingerprint density at radius 3 is 2.56 bits per heavy atom. The van der Waals surface area contributed by atoms with E-state index in [1.807, 2.05) is 26.8 Å². The minimum atomic E-state index is -2.83. The van der Waals surface area contributed by atoms with Crippen LogP contribution < -0.4 is 0 Å². The van der Waals surface area contributed by atoms with Crippen molar-refractivity contribution >= 4 is 11.7 Å². The summed E-state index contributed by atoms with van der Waals surface area (Å²) in [6.07, 6.45) is 1.02. The average molecular weight is 353 g/mol. The summed E-state index contributed by atoms with van der Waals surface area (Å²) in [6.45, 7) is 5.47. The normalized spacial score (nSPS) is 23.0. The van der Waals surface area contributed by atoms with Crippen LogP contribution in [0.25, 0.3) is 5.57 Å². The molecule has 1 amide bonds. The third kappa shape index (κ3) is 3.67. The topological polar surface area (TPSA) is 29.5 Å². The number of carbonyl (C=O) groups is 1. The maximum absolute atomic E-state index is 13.9. The van der Waals surface area contributed by atoms with Crippen LogP contribution >= 0.6 is 0 Å². The Hall–Kier alpha value is -1.98. The summed E-state index contributed by atoms with van der Waals surface area (Å²) in [5, 5.41) is 0. The number of carbonyl (C=O) groups excluding carboxylic acids is 1. The van der Waals surface area contributed by atoms with Crippen LogP contribution in [0.1, 0.15) is 57.6 Å². The number of hydrogen-bond acceptors (Lipinski definition) is 2. The minimum Gasteiger partial charge on any atom is -0.444 e. The lowest BCUT2D eigenvalue weighted by Crippen LogP contribution is -2.45. The van der Waals surface area contributed by atoms with Crippen molar-refractivity contribution in [3.05, 3.63) is 41.2 Å². The number of nitrogens with zero attached hydrogens (tertiary/aromatic N) is 1. The maximum atomic E-state index is 13.9. The lowest BCUT2D eigenvalue weighted by molar-refractivity contribution is 0.0175. The molecule has 0 saturated carbocycles. The largest absolute Gasteiger partial charge is 0.444 e. The van der Waals surface area contributed by atoms with E-state index in [1.54, 1.807) is 4.90 Å². The highest BCUT2D eigenvalue weighted by Crippen LogP contribution is 2.40. The van der Waals surface area contributed by atoms with Gasteiger partial charge < -0.3 is 4.74 Å². The molecule has 2 aliphatic heterocycles. The summed E-state index contributed by atoms with van der Waals surface area (Å²) in [5.74, 6) is -0.893. The molecule has 0 aromatic heterocycles. The Morgan fingerprint density at radius 1 is 1.28 bits per heavy atom. The lowest BCUT2D eigenvalue weighted by Gasteiger charge is -2.35. The van der Waals surface area contributed by atoms with Crippen LogP contribution in [0.4, 0.5) is 18.0 Å². The van der Waals surface area contributed by atoms with E-state index in [4.69, 9.17) is 4.74 Å². The van der Waals surface area contributed by atoms with E-state index in [-0.39, 0.29) is 18.2 Å². The van der Waals surface area contributed by atoms with E-state index in [0.717, 1.165) is 30.5 Å². The zero-order valence-corrected chi connectivity index (χ0v) is 14.6. The van der Waals surface area contributed by atoms with Gasteiger partial charge in [-0.15, -0.1) is 0 Å². The van der Waals surface area contributed by atoms with Gasteiger partial charge in [0.2, 0.25) is 0 Å². The standard InChI is InChI=1S/C19H22F3NO2/c1-19(2,3)25-18(24)23-13-5-6-14(23)9-12(8-13)11-4-7-15(17(21)22)16(20)10-11/h4,7-8,10,13-14,17H,5-6,9H2,1-3H3. The fourth-order valence-corrected chi connectivity index (χ4v) is 3.55. The van der Waals surface area contributed by atoms with Crippen molar-refractivity contribution in [2.45, 2.75) is 64.1 Å². The molecule has 0 N–H and O–H groups in total. The van der Waals surface area contributed by atoms with Gasteiger partial charge in [-0.05, 0) is 63.3 Å². The quantitative estimate of drug-likeness (QED) is 0.720. The van der Waals surface area contributed by atoms with Crippen molar-refractivity contribution in [1.29, 1.82) is 0 Å². The second-order valence-corrected chi connectivity index (χ2v) is 7.62. The average Bonchev–Trinajstić information content (AvgIpc) is 2.75. The van der Waals surface area contributed by atoms with Gasteiger partial charge in [0.1, 0.15) is 11.4 Å². The molecule has 2 aliphatic rings. The number of fused-ring (bicyclic) bond motifs is 2. The number of benzene rings is 1. The number of rotatable bonds is 2. The predicted molar refractivity (Wildman–Crippen MR) is 88.8 cm³/mol. The zero-order chi connectivity index (χ0) is 18.4. The molecule has 2 unspecified atom stereocenters. The number of hydrogen-bond donors (Lipinski definition) is 0. The molecule has 1 saturated heterocycles. The molecular weight excluding hydrogens is 331 g/mol. The molecule has 0 radical (unpaired) electrons. The summed E-state index contributed by atoms with van der Waals surface area (Å²) in [4.78, 5) is 14.2. The highest BCUT2D eigenvalue weighted by molar-refractivity contribution is 5.75. The van der Waals surface area contributed by atoms with E-state index in [0.29, 0.717) is 12.0 Å². The molecule has 1 aromatic carbocycles. The van der Waals surface area contributed by atoms with Gasteiger partial charge in [0.25, 0.3) is 6.43 Å². The van der Waals surface area contributed by atoms with Gasteiger partial charge in [-0.2, -0.15) is 0 Å². The van der Waals surface area contributed by atoms with Crippen LogP contribution in [0.2, 0.25) is 0 Å². The summed E-state index contributed by atoms with van der Waals surface area (Å²) in [7, 11) is 0. The third-order valence-electron chi connectivity index (χ3n) is 4.61. The molecule has 6 heteroatoms. The van der Waals surface area contributed by atoms with Crippen molar-refractivity contribution in [3.63, 3.8) is 0 Å². The molecule has 3 nitrogen and oxygen atoms in total. The highest BCUT2D eigenvalue weighted by Gasteiger charge is 2.41. The van der Waals surface area contributed by atoms with Crippen molar-refractivity contribution in [2.24, 2.45) is 0 Å². The Balaban J connectivity index is 1.82. The molecule has 1 aromatic rings. The highest BCUT2D eigenvalue weighted by atomic mass is 19.3. The first-order valence-corrected chi connectivity index (χ1v) is 8.45. The fourth-order valence-electron chi connectivity index (χ4n) is 3.55. The van der Waals surface area contributed by atoms with Gasteiger partial charge in [-0.3, -0.25) is 4.90 Å². The molecule has 2 heterocycles. The summed E-state index contributed by atoms with van der Waals surface area (Å²) >= 11 is 0. The SMILES string of the molecule is CC(C)(C)OC(=O)N1C2C=C(c3ccc(C(F)F)c(F)c3)CC1CC2. The van der Waals surface area contributed by atoms with E-state index >= 15 is 0 Å². The second kappa shape index (κ2) is 6.39. The van der Waals surface area contributed by atoms with E-state index in [2.05, 4.69) is 0 Å². The smallest absolute Gasteiger partial charge is 0.411 e. The van der Waals surface area contributed by atoms with Crippen LogP contribution in [-0.2, 0) is 4.74 Å². The summed E-state index contributed by atoms with van der Waals surface area (Å²) < 4.78 is 44.7. The summed E-state index contributed by atoms with van der Waals surface area (Å²) in [6, 6.07) is 3.73. The molecule has 136 valence electrons. The van der Waals surface area contributed by atoms with Crippen LogP contribution in [0.3, 0.4) is 0 Å². The molecule has 2 bridgehead atoms. The van der Waals surface area contributed by atoms with Crippen LogP contribution in [-0.4, -0.2) is 28.7 Å². The summed E-state index contributed by atoms with van der Waals surface area (Å²) in [5.41, 5.74) is 0.350. The second-order valence-electron chi connectivity index (χ2n) is 7.62. The molecule has 1 fully saturated rings. The van der Waals surface area contributed by atoms with Gasteiger partial charge in [-0.25, -0.2) is 18.0 Å². The van der Waals surface area contributed by atoms with E-state index in [1.165, 1.54) is 6.07 Å². The van der Waals surface area contributed by atoms with Gasteiger partial charge >= 0.3 is 6.09 Å². The van der Waals surface area contributed by atoms with Crippen LogP contribution in [0, 0.1) is 5.82 Å². The van der Waals surface area contributed by atoms with Gasteiger partial charge in [0.15, 0.2) is 0 Å². The van der Waals surface area contributed by atoms with Crippen molar-refractivity contribution in [2.75, 3.05) is 0 Å². The minimum absolute atomic E-state index is 0.00214. The molecular formula is C19H22F3NO2. The first-order chi connectivity index (χ1) is 11.7. The number of ether oxygens (including phenoxy) is 1. The molecule has 3 rings (SSSR count). The first-order valence-electron chi connectivity index (χ1n) is 8.45. The Labute approximate surface area is 145 Å². The first kappa shape index (κ1) is 17.8. The molecule has 25 heavy (non-hydrogen) atoms. The van der Waals surface area contributed by atoms with Crippen molar-refractivity contribution in [3.8, 4) is 0 Å². The third-order valence-corrected chi connectivity index (χ3v) is 4.61. The van der Waals surface area contributed by atoms with Crippen LogP contribution in [0.5, 0.6) is 0 Å². The Morgan fingerprint density at radius 2 is 2.00 bits per heavy atom. The maximum Gasteiger partial charge on any atom is 0.411 e. The van der Waals surface area contributed by atoms with Gasteiger partial charge in [-0.1, -0.05) is 12.1 Å². The van der Waals surface area contributed by atoms with E-state index < -0.39 is 23.4 Å². The number of halogens is 3. The van der Waals surface area contributed by atoms with E-state index in [9.17, 15) is 18.0 Å². The lowest BCUT2D eigenvalue weighted by atomic mass is 9.94. The molecule has 0 aliphatic carbocycles. The van der Waals surface area contributed by atoms with Crippen molar-refractivity contribution < 1.29 is 22.7 Å². The molecule has 2 atom stereocenters. The predicted octanol–water partition coefficient (Wildman–Crippen LogP) is 5.32. The van der Waals surface area contributed by atoms with Crippen molar-refractivity contribution in [1.82, 2.24) is 4.90 Å². The van der Waals surface area contributed by atoms with Gasteiger partial charge in [0.05, 0.1) is 11.6 Å². The molecule has 0 spiro atoms. The number of amides is 1. The Kier molecular flexibility index (Phi) is 4.56. The number of alkyl halides is 2. The monoisotopic (exact) mass is 353 g/mol. The van der Waals surface area contributed by atoms with Gasteiger partial charge in [0, 0.05) is 6.04 Å².